The molecule has 0 atom stereocenters. The van der Waals surface area contributed by atoms with E-state index in [1.54, 1.807) is 0 Å². The van der Waals surface area contributed by atoms with Gasteiger partial charge in [0.15, 0.2) is 0 Å². The average molecular weight is 254 g/mol. The van der Waals surface area contributed by atoms with Crippen molar-refractivity contribution in [2.75, 3.05) is 13.2 Å². The summed E-state index contributed by atoms with van der Waals surface area (Å²) >= 11 is 0. The molecule has 2 aliphatic rings. The molecule has 0 bridgehead atoms. The van der Waals surface area contributed by atoms with Gasteiger partial charge in [-0.05, 0) is 56.3 Å². The van der Waals surface area contributed by atoms with Gasteiger partial charge in [0.25, 0.3) is 0 Å². The van der Waals surface area contributed by atoms with Gasteiger partial charge in [-0.3, -0.25) is 4.79 Å². The van der Waals surface area contributed by atoms with Gasteiger partial charge in [-0.15, -0.1) is 0 Å². The molecule has 2 rings (SSSR count). The van der Waals surface area contributed by atoms with E-state index in [4.69, 9.17) is 4.74 Å². The normalized spacial score (nSPS) is 27.9. The van der Waals surface area contributed by atoms with Crippen molar-refractivity contribution in [2.24, 2.45) is 16.7 Å². The Balaban J connectivity index is 2.01. The average Bonchev–Trinajstić information content (AvgIpc) is 2.33. The van der Waals surface area contributed by atoms with E-state index in [0.29, 0.717) is 11.3 Å². The molecule has 1 aliphatic heterocycles. The molecule has 0 unspecified atom stereocenters. The predicted molar refractivity (Wildman–Crippen MR) is 70.5 cm³/mol. The van der Waals surface area contributed by atoms with Crippen LogP contribution in [0, 0.1) is 16.7 Å². The van der Waals surface area contributed by atoms with E-state index < -0.39 is 11.4 Å². The maximum Gasteiger partial charge on any atom is 0.309 e. The first-order valence-corrected chi connectivity index (χ1v) is 7.25. The fourth-order valence-electron chi connectivity index (χ4n) is 3.41. The third-order valence-electron chi connectivity index (χ3n) is 5.03. The van der Waals surface area contributed by atoms with Gasteiger partial charge in [0.1, 0.15) is 0 Å². The number of hydrogen-bond donors (Lipinski definition) is 1. The van der Waals surface area contributed by atoms with Gasteiger partial charge in [-0.2, -0.15) is 0 Å². The minimum Gasteiger partial charge on any atom is -0.481 e. The van der Waals surface area contributed by atoms with Crippen LogP contribution in [0.5, 0.6) is 0 Å². The Kier molecular flexibility index (Phi) is 4.00. The highest BCUT2D eigenvalue weighted by atomic mass is 16.5. The van der Waals surface area contributed by atoms with Crippen LogP contribution >= 0.6 is 0 Å². The largest absolute Gasteiger partial charge is 0.481 e. The molecule has 0 amide bonds. The lowest BCUT2D eigenvalue weighted by atomic mass is 9.62. The number of hydrogen-bond acceptors (Lipinski definition) is 2. The monoisotopic (exact) mass is 254 g/mol. The SMILES string of the molecule is CC1(C)CCC(CC2CCOCC2)(C(=O)O)CC1. The summed E-state index contributed by atoms with van der Waals surface area (Å²) in [5.41, 5.74) is -0.119. The smallest absolute Gasteiger partial charge is 0.309 e. The van der Waals surface area contributed by atoms with Crippen LogP contribution in [0.2, 0.25) is 0 Å². The summed E-state index contributed by atoms with van der Waals surface area (Å²) in [6.45, 7) is 6.14. The van der Waals surface area contributed by atoms with Crippen molar-refractivity contribution in [2.45, 2.75) is 58.8 Å². The van der Waals surface area contributed by atoms with E-state index in [9.17, 15) is 9.90 Å². The topological polar surface area (TPSA) is 46.5 Å². The standard InChI is InChI=1S/C15H26O3/c1-14(2)5-7-15(8-6-14,13(16)17)11-12-3-9-18-10-4-12/h12H,3-11H2,1-2H3,(H,16,17). The number of aliphatic carboxylic acids is 1. The van der Waals surface area contributed by atoms with E-state index in [1.165, 1.54) is 0 Å². The summed E-state index contributed by atoms with van der Waals surface area (Å²) in [6, 6.07) is 0. The third kappa shape index (κ3) is 3.05. The molecule has 0 aromatic rings. The molecular formula is C15H26O3. The van der Waals surface area contributed by atoms with Gasteiger partial charge in [0.05, 0.1) is 5.41 Å². The third-order valence-corrected chi connectivity index (χ3v) is 5.03. The number of rotatable bonds is 3. The van der Waals surface area contributed by atoms with E-state index in [0.717, 1.165) is 58.2 Å². The summed E-state index contributed by atoms with van der Waals surface area (Å²) < 4.78 is 5.37. The van der Waals surface area contributed by atoms with Crippen LogP contribution in [0.1, 0.15) is 58.8 Å². The van der Waals surface area contributed by atoms with Crippen LogP contribution in [0.25, 0.3) is 0 Å². The zero-order valence-corrected chi connectivity index (χ0v) is 11.7. The summed E-state index contributed by atoms with van der Waals surface area (Å²) in [6.07, 6.45) is 6.74. The summed E-state index contributed by atoms with van der Waals surface area (Å²) in [7, 11) is 0. The molecule has 1 saturated carbocycles. The first kappa shape index (κ1) is 13.9. The highest BCUT2D eigenvalue weighted by Crippen LogP contribution is 2.49. The summed E-state index contributed by atoms with van der Waals surface area (Å²) in [5, 5.41) is 9.66. The highest BCUT2D eigenvalue weighted by molar-refractivity contribution is 5.74. The predicted octanol–water partition coefficient (Wildman–Crippen LogP) is 3.47. The quantitative estimate of drug-likeness (QED) is 0.838. The zero-order chi connectivity index (χ0) is 13.2. The first-order valence-electron chi connectivity index (χ1n) is 7.25. The molecule has 1 saturated heterocycles. The molecule has 3 nitrogen and oxygen atoms in total. The van der Waals surface area contributed by atoms with Crippen molar-refractivity contribution in [3.8, 4) is 0 Å². The molecule has 0 aromatic heterocycles. The van der Waals surface area contributed by atoms with Crippen molar-refractivity contribution >= 4 is 5.97 Å². The lowest BCUT2D eigenvalue weighted by Gasteiger charge is -2.43. The van der Waals surface area contributed by atoms with Crippen LogP contribution < -0.4 is 0 Å². The molecule has 0 aromatic carbocycles. The Labute approximate surface area is 110 Å². The molecule has 3 heteroatoms. The van der Waals surface area contributed by atoms with Gasteiger partial charge in [0, 0.05) is 13.2 Å². The Hall–Kier alpha value is -0.570. The van der Waals surface area contributed by atoms with E-state index in [1.807, 2.05) is 0 Å². The van der Waals surface area contributed by atoms with Crippen molar-refractivity contribution in [1.29, 1.82) is 0 Å². The molecule has 18 heavy (non-hydrogen) atoms. The molecule has 1 aliphatic carbocycles. The Morgan fingerprint density at radius 2 is 1.72 bits per heavy atom. The molecule has 0 radical (unpaired) electrons. The summed E-state index contributed by atoms with van der Waals surface area (Å²) in [4.78, 5) is 11.7. The number of carboxylic acid groups (broad SMARTS) is 1. The molecule has 0 spiro atoms. The Bertz CT molecular complexity index is 293. The van der Waals surface area contributed by atoms with Crippen LogP contribution in [0.15, 0.2) is 0 Å². The van der Waals surface area contributed by atoms with E-state index in [2.05, 4.69) is 13.8 Å². The maximum absolute atomic E-state index is 11.7. The van der Waals surface area contributed by atoms with Gasteiger partial charge in [-0.25, -0.2) is 0 Å². The van der Waals surface area contributed by atoms with Crippen molar-refractivity contribution in [1.82, 2.24) is 0 Å². The van der Waals surface area contributed by atoms with E-state index >= 15 is 0 Å². The minimum atomic E-state index is -0.565. The molecule has 1 heterocycles. The fourth-order valence-corrected chi connectivity index (χ4v) is 3.41. The van der Waals surface area contributed by atoms with Gasteiger partial charge in [0.2, 0.25) is 0 Å². The van der Waals surface area contributed by atoms with Crippen molar-refractivity contribution < 1.29 is 14.6 Å². The zero-order valence-electron chi connectivity index (χ0n) is 11.7. The molecule has 2 fully saturated rings. The number of ether oxygens (including phenoxy) is 1. The Morgan fingerprint density at radius 1 is 1.17 bits per heavy atom. The highest BCUT2D eigenvalue weighted by Gasteiger charge is 2.45. The van der Waals surface area contributed by atoms with E-state index in [-0.39, 0.29) is 0 Å². The summed E-state index contributed by atoms with van der Waals surface area (Å²) in [5.74, 6) is -0.0134. The minimum absolute atomic E-state index is 0.328. The van der Waals surface area contributed by atoms with Crippen LogP contribution in [-0.2, 0) is 9.53 Å². The van der Waals surface area contributed by atoms with Crippen LogP contribution in [-0.4, -0.2) is 24.3 Å². The second kappa shape index (κ2) is 5.20. The van der Waals surface area contributed by atoms with Crippen molar-refractivity contribution in [3.05, 3.63) is 0 Å². The number of carboxylic acids is 1. The second-order valence-electron chi connectivity index (χ2n) is 7.01. The van der Waals surface area contributed by atoms with Gasteiger partial charge < -0.3 is 9.84 Å². The molecule has 104 valence electrons. The van der Waals surface area contributed by atoms with Gasteiger partial charge >= 0.3 is 5.97 Å². The van der Waals surface area contributed by atoms with Crippen molar-refractivity contribution in [3.63, 3.8) is 0 Å². The maximum atomic E-state index is 11.7. The lowest BCUT2D eigenvalue weighted by Crippen LogP contribution is -2.40. The van der Waals surface area contributed by atoms with Crippen LogP contribution in [0.4, 0.5) is 0 Å². The second-order valence-corrected chi connectivity index (χ2v) is 7.01. The van der Waals surface area contributed by atoms with Crippen LogP contribution in [0.3, 0.4) is 0 Å². The fraction of sp³-hybridized carbons (Fsp3) is 0.933. The van der Waals surface area contributed by atoms with Gasteiger partial charge in [-0.1, -0.05) is 13.8 Å². The first-order chi connectivity index (χ1) is 8.44. The Morgan fingerprint density at radius 3 is 2.22 bits per heavy atom. The molecular weight excluding hydrogens is 228 g/mol. The molecule has 1 N–H and O–H groups in total. The number of carbonyl (C=O) groups is 1. The lowest BCUT2D eigenvalue weighted by molar-refractivity contribution is -0.154.